The summed E-state index contributed by atoms with van der Waals surface area (Å²) in [6.45, 7) is 4.86. The summed E-state index contributed by atoms with van der Waals surface area (Å²) in [5, 5.41) is 5.52. The number of aromatic nitrogens is 3. The Kier molecular flexibility index (Phi) is 3.08. The van der Waals surface area contributed by atoms with Gasteiger partial charge in [0.15, 0.2) is 0 Å². The summed E-state index contributed by atoms with van der Waals surface area (Å²) in [5.74, 6) is 0. The van der Waals surface area contributed by atoms with Gasteiger partial charge in [0.25, 0.3) is 0 Å². The van der Waals surface area contributed by atoms with Crippen molar-refractivity contribution in [3.8, 4) is 11.3 Å². The summed E-state index contributed by atoms with van der Waals surface area (Å²) in [6, 6.07) is 6.41. The van der Waals surface area contributed by atoms with Crippen LogP contribution in [0.2, 0.25) is 0 Å². The molecule has 0 bridgehead atoms. The van der Waals surface area contributed by atoms with Crippen LogP contribution in [0, 0.1) is 13.8 Å². The second-order valence-electron chi connectivity index (χ2n) is 4.69. The highest BCUT2D eigenvalue weighted by molar-refractivity contribution is 7.16. The van der Waals surface area contributed by atoms with E-state index in [-0.39, 0.29) is 0 Å². The van der Waals surface area contributed by atoms with Crippen LogP contribution in [0.4, 0.5) is 0 Å². The lowest BCUT2D eigenvalue weighted by Crippen LogP contribution is -2.02. The van der Waals surface area contributed by atoms with E-state index in [1.165, 1.54) is 11.1 Å². The molecule has 0 atom stereocenters. The summed E-state index contributed by atoms with van der Waals surface area (Å²) in [6.07, 6.45) is 2.79. The molecule has 0 fully saturated rings. The zero-order chi connectivity index (χ0) is 13.4. The monoisotopic (exact) mass is 272 g/mol. The fourth-order valence-corrected chi connectivity index (χ4v) is 2.90. The fraction of sp³-hybridized carbons (Fsp3) is 0.286. The van der Waals surface area contributed by atoms with Crippen LogP contribution >= 0.6 is 11.3 Å². The highest BCUT2D eigenvalue weighted by atomic mass is 32.1. The van der Waals surface area contributed by atoms with Crippen LogP contribution in [0.25, 0.3) is 16.2 Å². The van der Waals surface area contributed by atoms with Gasteiger partial charge in [0.1, 0.15) is 5.01 Å². The molecule has 19 heavy (non-hydrogen) atoms. The van der Waals surface area contributed by atoms with Crippen molar-refractivity contribution >= 4 is 16.3 Å². The topological polar surface area (TPSA) is 56.2 Å². The first kappa shape index (κ1) is 12.3. The van der Waals surface area contributed by atoms with Crippen molar-refractivity contribution in [1.29, 1.82) is 0 Å². The normalized spacial score (nSPS) is 11.3. The number of nitrogens with two attached hydrogens (primary N) is 1. The zero-order valence-corrected chi connectivity index (χ0v) is 11.9. The number of fused-ring (bicyclic) bond motifs is 1. The van der Waals surface area contributed by atoms with Crippen molar-refractivity contribution in [3.63, 3.8) is 0 Å². The third-order valence-electron chi connectivity index (χ3n) is 3.25. The van der Waals surface area contributed by atoms with Gasteiger partial charge in [-0.3, -0.25) is 0 Å². The minimum Gasteiger partial charge on any atom is -0.330 e. The molecule has 0 aliphatic heterocycles. The molecule has 0 aliphatic rings. The molecule has 0 saturated carbocycles. The van der Waals surface area contributed by atoms with Crippen LogP contribution in [0.3, 0.4) is 0 Å². The van der Waals surface area contributed by atoms with Crippen LogP contribution in [0.1, 0.15) is 16.1 Å². The van der Waals surface area contributed by atoms with E-state index in [9.17, 15) is 0 Å². The van der Waals surface area contributed by atoms with E-state index in [0.29, 0.717) is 6.54 Å². The zero-order valence-electron chi connectivity index (χ0n) is 11.1. The molecule has 2 aromatic heterocycles. The number of hydrogen-bond donors (Lipinski definition) is 1. The van der Waals surface area contributed by atoms with Gasteiger partial charge in [-0.25, -0.2) is 9.50 Å². The molecule has 0 saturated heterocycles. The first-order valence-electron chi connectivity index (χ1n) is 6.30. The lowest BCUT2D eigenvalue weighted by Gasteiger charge is -2.01. The maximum absolute atomic E-state index is 5.54. The van der Waals surface area contributed by atoms with Crippen LogP contribution in [0.5, 0.6) is 0 Å². The third-order valence-corrected chi connectivity index (χ3v) is 4.23. The Hall–Kier alpha value is -1.72. The Morgan fingerprint density at radius 1 is 1.26 bits per heavy atom. The van der Waals surface area contributed by atoms with Crippen molar-refractivity contribution in [2.75, 3.05) is 6.54 Å². The van der Waals surface area contributed by atoms with E-state index in [1.54, 1.807) is 11.3 Å². The van der Waals surface area contributed by atoms with E-state index >= 15 is 0 Å². The molecule has 0 aliphatic carbocycles. The molecule has 4 nitrogen and oxygen atoms in total. The molecular formula is C14H16N4S. The average molecular weight is 272 g/mol. The predicted molar refractivity (Wildman–Crippen MR) is 78.5 cm³/mol. The third kappa shape index (κ3) is 2.27. The highest BCUT2D eigenvalue weighted by Crippen LogP contribution is 2.24. The van der Waals surface area contributed by atoms with Crippen LogP contribution < -0.4 is 5.73 Å². The van der Waals surface area contributed by atoms with Gasteiger partial charge in [0, 0.05) is 12.0 Å². The predicted octanol–water partition coefficient (Wildman–Crippen LogP) is 2.58. The Morgan fingerprint density at radius 3 is 2.79 bits per heavy atom. The van der Waals surface area contributed by atoms with Gasteiger partial charge in [-0.05, 0) is 37.6 Å². The molecule has 2 N–H and O–H groups in total. The highest BCUT2D eigenvalue weighted by Gasteiger charge is 2.09. The second-order valence-corrected chi connectivity index (χ2v) is 5.73. The summed E-state index contributed by atoms with van der Waals surface area (Å²) >= 11 is 1.61. The summed E-state index contributed by atoms with van der Waals surface area (Å²) in [5.41, 5.74) is 10.2. The van der Waals surface area contributed by atoms with Gasteiger partial charge in [-0.15, -0.1) is 0 Å². The van der Waals surface area contributed by atoms with Gasteiger partial charge >= 0.3 is 0 Å². The van der Waals surface area contributed by atoms with Gasteiger partial charge in [0.05, 0.1) is 11.9 Å². The van der Waals surface area contributed by atoms with E-state index in [1.807, 2.05) is 10.7 Å². The van der Waals surface area contributed by atoms with E-state index in [0.717, 1.165) is 27.6 Å². The fourth-order valence-electron chi connectivity index (χ4n) is 2.01. The second kappa shape index (κ2) is 4.75. The SMILES string of the molecule is Cc1ccc(-c2cn3nc(CCN)sc3n2)cc1C. The largest absolute Gasteiger partial charge is 0.330 e. The van der Waals surface area contributed by atoms with E-state index in [2.05, 4.69) is 42.1 Å². The van der Waals surface area contributed by atoms with Crippen LogP contribution in [0.15, 0.2) is 24.4 Å². The van der Waals surface area contributed by atoms with Gasteiger partial charge in [-0.2, -0.15) is 5.10 Å². The molecule has 0 amide bonds. The van der Waals surface area contributed by atoms with Gasteiger partial charge in [0.2, 0.25) is 4.96 Å². The molecule has 0 radical (unpaired) electrons. The lowest BCUT2D eigenvalue weighted by atomic mass is 10.1. The quantitative estimate of drug-likeness (QED) is 0.797. The molecule has 3 rings (SSSR count). The molecule has 1 aromatic carbocycles. The lowest BCUT2D eigenvalue weighted by molar-refractivity contribution is 0.873. The maximum atomic E-state index is 5.54. The molecule has 3 aromatic rings. The van der Waals surface area contributed by atoms with Crippen LogP contribution in [-0.4, -0.2) is 21.1 Å². The Bertz CT molecular complexity index is 695. The van der Waals surface area contributed by atoms with Crippen LogP contribution in [-0.2, 0) is 6.42 Å². The number of benzene rings is 1. The maximum Gasteiger partial charge on any atom is 0.212 e. The van der Waals surface area contributed by atoms with E-state index < -0.39 is 0 Å². The summed E-state index contributed by atoms with van der Waals surface area (Å²) in [4.78, 5) is 5.56. The molecule has 2 heterocycles. The Balaban J connectivity index is 2.00. The van der Waals surface area contributed by atoms with Crippen molar-refractivity contribution in [1.82, 2.24) is 14.6 Å². The number of aryl methyl sites for hydroxylation is 2. The van der Waals surface area contributed by atoms with Crippen molar-refractivity contribution in [2.24, 2.45) is 5.73 Å². The smallest absolute Gasteiger partial charge is 0.212 e. The molecule has 98 valence electrons. The minimum atomic E-state index is 0.626. The Labute approximate surface area is 115 Å². The van der Waals surface area contributed by atoms with Gasteiger partial charge in [-0.1, -0.05) is 23.5 Å². The van der Waals surface area contributed by atoms with E-state index in [4.69, 9.17) is 5.73 Å². The summed E-state index contributed by atoms with van der Waals surface area (Å²) in [7, 11) is 0. The van der Waals surface area contributed by atoms with Crippen molar-refractivity contribution < 1.29 is 0 Å². The van der Waals surface area contributed by atoms with Crippen molar-refractivity contribution in [2.45, 2.75) is 20.3 Å². The average Bonchev–Trinajstić information content (AvgIpc) is 2.91. The Morgan fingerprint density at radius 2 is 2.11 bits per heavy atom. The number of nitrogens with zero attached hydrogens (tertiary/aromatic N) is 3. The minimum absolute atomic E-state index is 0.626. The molecule has 0 spiro atoms. The first-order valence-corrected chi connectivity index (χ1v) is 7.12. The number of rotatable bonds is 3. The van der Waals surface area contributed by atoms with Crippen molar-refractivity contribution in [3.05, 3.63) is 40.5 Å². The summed E-state index contributed by atoms with van der Waals surface area (Å²) < 4.78 is 1.85. The number of imidazole rings is 1. The first-order chi connectivity index (χ1) is 9.17. The number of hydrogen-bond acceptors (Lipinski definition) is 4. The molecular weight excluding hydrogens is 256 g/mol. The molecule has 0 unspecified atom stereocenters. The molecule has 5 heteroatoms. The van der Waals surface area contributed by atoms with Gasteiger partial charge < -0.3 is 5.73 Å². The standard InChI is InChI=1S/C14H16N4S/c1-9-3-4-11(7-10(9)2)12-8-18-14(16-12)19-13(17-18)5-6-15/h3-4,7-8H,5-6,15H2,1-2H3.